The topological polar surface area (TPSA) is 96.0 Å². The van der Waals surface area contributed by atoms with Crippen molar-refractivity contribution in [3.63, 3.8) is 0 Å². The Morgan fingerprint density at radius 2 is 1.90 bits per heavy atom. The third kappa shape index (κ3) is 4.25. The standard InChI is InChI=1S/C20H27N3O5S/c1-13-7-14(2)10-22(9-13)29(26,27)16-5-6-18-17(8-16)23(20(25)12-28-18)11-19(24)21-15-3-4-15/h5-6,8,13-15H,3-4,7,9-12H2,1-2H3,(H,21,24)/t13-,14-/m1/s1. The second kappa shape index (κ2) is 7.60. The zero-order valence-corrected chi connectivity index (χ0v) is 17.6. The Bertz CT molecular complexity index is 918. The van der Waals surface area contributed by atoms with Gasteiger partial charge < -0.3 is 10.1 Å². The number of sulfonamides is 1. The molecule has 3 aliphatic rings. The van der Waals surface area contributed by atoms with E-state index in [1.807, 2.05) is 0 Å². The highest BCUT2D eigenvalue weighted by molar-refractivity contribution is 7.89. The van der Waals surface area contributed by atoms with E-state index < -0.39 is 10.0 Å². The molecule has 2 amide bonds. The predicted molar refractivity (Wildman–Crippen MR) is 107 cm³/mol. The zero-order chi connectivity index (χ0) is 20.8. The minimum absolute atomic E-state index is 0.114. The lowest BCUT2D eigenvalue weighted by Gasteiger charge is -2.34. The molecular weight excluding hydrogens is 394 g/mol. The molecule has 8 nitrogen and oxygen atoms in total. The fraction of sp³-hybridized carbons (Fsp3) is 0.600. The molecule has 4 rings (SSSR count). The smallest absolute Gasteiger partial charge is 0.265 e. The monoisotopic (exact) mass is 421 g/mol. The van der Waals surface area contributed by atoms with Gasteiger partial charge in [0.15, 0.2) is 6.61 Å². The van der Waals surface area contributed by atoms with Crippen molar-refractivity contribution in [2.75, 3.05) is 31.1 Å². The number of anilines is 1. The summed E-state index contributed by atoms with van der Waals surface area (Å²) in [5, 5.41) is 2.86. The van der Waals surface area contributed by atoms with Gasteiger partial charge in [0.1, 0.15) is 12.3 Å². The number of piperidine rings is 1. The highest BCUT2D eigenvalue weighted by atomic mass is 32.2. The number of ether oxygens (including phenoxy) is 1. The molecule has 1 saturated heterocycles. The molecule has 2 heterocycles. The van der Waals surface area contributed by atoms with Gasteiger partial charge in [0.2, 0.25) is 15.9 Å². The number of hydrogen-bond acceptors (Lipinski definition) is 5. The highest BCUT2D eigenvalue weighted by Gasteiger charge is 2.34. The summed E-state index contributed by atoms with van der Waals surface area (Å²) in [6, 6.07) is 4.72. The molecule has 0 bridgehead atoms. The minimum atomic E-state index is -3.70. The van der Waals surface area contributed by atoms with E-state index >= 15 is 0 Å². The molecule has 1 aromatic carbocycles. The van der Waals surface area contributed by atoms with Crippen LogP contribution >= 0.6 is 0 Å². The van der Waals surface area contributed by atoms with Crippen LogP contribution in [0.4, 0.5) is 5.69 Å². The lowest BCUT2D eigenvalue weighted by molar-refractivity contribution is -0.125. The summed E-state index contributed by atoms with van der Waals surface area (Å²) < 4.78 is 33.4. The lowest BCUT2D eigenvalue weighted by Crippen LogP contribution is -2.46. The van der Waals surface area contributed by atoms with Crippen molar-refractivity contribution in [2.45, 2.75) is 44.0 Å². The van der Waals surface area contributed by atoms with Gasteiger partial charge in [0.25, 0.3) is 5.91 Å². The largest absolute Gasteiger partial charge is 0.482 e. The Hall–Kier alpha value is -2.13. The second-order valence-electron chi connectivity index (χ2n) is 8.51. The number of carbonyl (C=O) groups is 2. The van der Waals surface area contributed by atoms with E-state index in [0.717, 1.165) is 19.3 Å². The van der Waals surface area contributed by atoms with Crippen molar-refractivity contribution in [3.8, 4) is 5.75 Å². The van der Waals surface area contributed by atoms with Crippen molar-refractivity contribution in [1.29, 1.82) is 0 Å². The SMILES string of the molecule is C[C@@H]1C[C@@H](C)CN(S(=O)(=O)c2ccc3c(c2)N(CC(=O)NC2CC2)C(=O)CO3)C1. The number of nitrogens with zero attached hydrogens (tertiary/aromatic N) is 2. The maximum absolute atomic E-state index is 13.2. The van der Waals surface area contributed by atoms with Crippen molar-refractivity contribution < 1.29 is 22.7 Å². The van der Waals surface area contributed by atoms with E-state index in [2.05, 4.69) is 19.2 Å². The van der Waals surface area contributed by atoms with Crippen LogP contribution in [-0.2, 0) is 19.6 Å². The summed E-state index contributed by atoms with van der Waals surface area (Å²) in [6.07, 6.45) is 2.91. The van der Waals surface area contributed by atoms with Crippen LogP contribution in [0, 0.1) is 11.8 Å². The zero-order valence-electron chi connectivity index (χ0n) is 16.8. The van der Waals surface area contributed by atoms with E-state index in [9.17, 15) is 18.0 Å². The van der Waals surface area contributed by atoms with Crippen LogP contribution in [-0.4, -0.2) is 56.8 Å². The molecule has 9 heteroatoms. The Balaban J connectivity index is 1.62. The van der Waals surface area contributed by atoms with Crippen molar-refractivity contribution in [1.82, 2.24) is 9.62 Å². The molecule has 1 saturated carbocycles. The van der Waals surface area contributed by atoms with Gasteiger partial charge in [-0.3, -0.25) is 14.5 Å². The van der Waals surface area contributed by atoms with Gasteiger partial charge in [-0.2, -0.15) is 4.31 Å². The summed E-state index contributed by atoms with van der Waals surface area (Å²) in [5.41, 5.74) is 0.325. The van der Waals surface area contributed by atoms with Gasteiger partial charge in [-0.25, -0.2) is 8.42 Å². The number of carbonyl (C=O) groups excluding carboxylic acids is 2. The van der Waals surface area contributed by atoms with Crippen LogP contribution < -0.4 is 15.0 Å². The fourth-order valence-corrected chi connectivity index (χ4v) is 5.81. The molecule has 2 fully saturated rings. The molecule has 0 radical (unpaired) electrons. The first-order chi connectivity index (χ1) is 13.7. The Labute approximate surface area is 171 Å². The van der Waals surface area contributed by atoms with Gasteiger partial charge in [-0.1, -0.05) is 13.8 Å². The summed E-state index contributed by atoms with van der Waals surface area (Å²) in [6.45, 7) is 4.75. The summed E-state index contributed by atoms with van der Waals surface area (Å²) in [4.78, 5) is 26.1. The summed E-state index contributed by atoms with van der Waals surface area (Å²) >= 11 is 0. The van der Waals surface area contributed by atoms with Crippen LogP contribution in [0.25, 0.3) is 0 Å². The number of fused-ring (bicyclic) bond motifs is 1. The number of rotatable bonds is 5. The first kappa shape index (κ1) is 20.2. The minimum Gasteiger partial charge on any atom is -0.482 e. The summed E-state index contributed by atoms with van der Waals surface area (Å²) in [7, 11) is -3.70. The maximum atomic E-state index is 13.2. The van der Waals surface area contributed by atoms with Crippen LogP contribution in [0.5, 0.6) is 5.75 Å². The highest BCUT2D eigenvalue weighted by Crippen LogP contribution is 2.36. The average molecular weight is 422 g/mol. The Kier molecular flexibility index (Phi) is 5.29. The van der Waals surface area contributed by atoms with E-state index in [0.29, 0.717) is 36.4 Å². The number of amides is 2. The van der Waals surface area contributed by atoms with Crippen molar-refractivity contribution >= 4 is 27.5 Å². The maximum Gasteiger partial charge on any atom is 0.265 e. The van der Waals surface area contributed by atoms with Crippen LogP contribution in [0.15, 0.2) is 23.1 Å². The lowest BCUT2D eigenvalue weighted by atomic mass is 9.94. The molecule has 1 N–H and O–H groups in total. The van der Waals surface area contributed by atoms with E-state index in [-0.39, 0.29) is 35.9 Å². The Morgan fingerprint density at radius 3 is 2.55 bits per heavy atom. The number of benzene rings is 1. The van der Waals surface area contributed by atoms with Gasteiger partial charge in [-0.15, -0.1) is 0 Å². The van der Waals surface area contributed by atoms with E-state index in [4.69, 9.17) is 4.74 Å². The Morgan fingerprint density at radius 1 is 1.21 bits per heavy atom. The molecule has 1 aliphatic carbocycles. The number of nitrogens with one attached hydrogen (secondary N) is 1. The molecule has 158 valence electrons. The van der Waals surface area contributed by atoms with E-state index in [1.54, 1.807) is 6.07 Å². The molecule has 0 unspecified atom stereocenters. The second-order valence-corrected chi connectivity index (χ2v) is 10.4. The normalized spacial score (nSPS) is 25.3. The van der Waals surface area contributed by atoms with Crippen LogP contribution in [0.2, 0.25) is 0 Å². The molecule has 1 aromatic rings. The molecule has 29 heavy (non-hydrogen) atoms. The predicted octanol–water partition coefficient (Wildman–Crippen LogP) is 1.36. The summed E-state index contributed by atoms with van der Waals surface area (Å²) in [5.74, 6) is 0.374. The third-order valence-corrected chi connectivity index (χ3v) is 7.42. The van der Waals surface area contributed by atoms with Gasteiger partial charge in [0.05, 0.1) is 10.6 Å². The molecule has 0 spiro atoms. The third-order valence-electron chi connectivity index (χ3n) is 5.59. The fourth-order valence-electron chi connectivity index (χ4n) is 4.11. The molecule has 2 atom stereocenters. The van der Waals surface area contributed by atoms with Crippen LogP contribution in [0.3, 0.4) is 0 Å². The van der Waals surface area contributed by atoms with Crippen molar-refractivity contribution in [3.05, 3.63) is 18.2 Å². The van der Waals surface area contributed by atoms with Gasteiger partial charge >= 0.3 is 0 Å². The number of hydrogen-bond donors (Lipinski definition) is 1. The van der Waals surface area contributed by atoms with Gasteiger partial charge in [-0.05, 0) is 49.3 Å². The first-order valence-corrected chi connectivity index (χ1v) is 11.5. The van der Waals surface area contributed by atoms with Crippen molar-refractivity contribution in [2.24, 2.45) is 11.8 Å². The molecular formula is C20H27N3O5S. The molecule has 0 aromatic heterocycles. The molecule has 2 aliphatic heterocycles. The first-order valence-electron chi connectivity index (χ1n) is 10.1. The van der Waals surface area contributed by atoms with E-state index in [1.165, 1.54) is 21.3 Å². The average Bonchev–Trinajstić information content (AvgIpc) is 3.46. The quantitative estimate of drug-likeness (QED) is 0.774. The van der Waals surface area contributed by atoms with Crippen LogP contribution in [0.1, 0.15) is 33.1 Å². The van der Waals surface area contributed by atoms with Gasteiger partial charge in [0, 0.05) is 19.1 Å².